The molecule has 0 bridgehead atoms. The number of phenols is 1. The topological polar surface area (TPSA) is 89.1 Å². The van der Waals surface area contributed by atoms with Crippen LogP contribution in [-0.2, 0) is 6.42 Å². The number of rotatable bonds is 7. The van der Waals surface area contributed by atoms with Crippen LogP contribution < -0.4 is 20.5 Å². The number of aromatic hydroxyl groups is 1. The summed E-state index contributed by atoms with van der Waals surface area (Å²) in [5.74, 6) is 2.37. The first-order valence-corrected chi connectivity index (χ1v) is 8.90. The minimum Gasteiger partial charge on any atom is -0.504 e. The smallest absolute Gasteiger partial charge is 0.193 e. The minimum absolute atomic E-state index is 0.119. The Kier molecular flexibility index (Phi) is 6.36. The van der Waals surface area contributed by atoms with Gasteiger partial charge < -0.3 is 25.6 Å². The Labute approximate surface area is 164 Å². The van der Waals surface area contributed by atoms with Gasteiger partial charge in [-0.2, -0.15) is 0 Å². The average Bonchev–Trinajstić information content (AvgIpc) is 2.70. The summed E-state index contributed by atoms with van der Waals surface area (Å²) in [6.45, 7) is 0.507. The molecule has 0 spiro atoms. The van der Waals surface area contributed by atoms with Crippen molar-refractivity contribution in [1.82, 2.24) is 0 Å². The van der Waals surface area contributed by atoms with Gasteiger partial charge in [0.15, 0.2) is 17.5 Å². The average molecular weight is 377 g/mol. The van der Waals surface area contributed by atoms with Gasteiger partial charge in [0.1, 0.15) is 11.5 Å². The van der Waals surface area contributed by atoms with E-state index in [1.807, 2.05) is 60.7 Å². The predicted molar refractivity (Wildman–Crippen MR) is 111 cm³/mol. The van der Waals surface area contributed by atoms with Crippen LogP contribution in [0.5, 0.6) is 23.0 Å². The van der Waals surface area contributed by atoms with Crippen molar-refractivity contribution in [1.29, 1.82) is 0 Å². The Morgan fingerprint density at radius 2 is 1.79 bits per heavy atom. The monoisotopic (exact) mass is 377 g/mol. The molecule has 0 aliphatic heterocycles. The van der Waals surface area contributed by atoms with Crippen molar-refractivity contribution in [3.05, 3.63) is 78.4 Å². The van der Waals surface area contributed by atoms with E-state index in [9.17, 15) is 5.11 Å². The van der Waals surface area contributed by atoms with Gasteiger partial charge >= 0.3 is 0 Å². The second-order valence-electron chi connectivity index (χ2n) is 6.09. The van der Waals surface area contributed by atoms with Crippen LogP contribution in [0, 0.1) is 0 Å². The second-order valence-corrected chi connectivity index (χ2v) is 6.09. The van der Waals surface area contributed by atoms with E-state index in [2.05, 4.69) is 10.3 Å². The molecule has 0 saturated heterocycles. The third kappa shape index (κ3) is 5.41. The zero-order chi connectivity index (χ0) is 19.8. The maximum Gasteiger partial charge on any atom is 0.193 e. The zero-order valence-electron chi connectivity index (χ0n) is 15.6. The highest BCUT2D eigenvalue weighted by Gasteiger charge is 2.03. The number of para-hydroxylation sites is 1. The van der Waals surface area contributed by atoms with Crippen molar-refractivity contribution in [2.45, 2.75) is 6.42 Å². The molecule has 3 aromatic rings. The van der Waals surface area contributed by atoms with E-state index in [0.717, 1.165) is 17.0 Å². The number of nitrogens with zero attached hydrogens (tertiary/aromatic N) is 1. The zero-order valence-corrected chi connectivity index (χ0v) is 15.6. The van der Waals surface area contributed by atoms with Gasteiger partial charge in [0.2, 0.25) is 0 Å². The number of hydrogen-bond donors (Lipinski definition) is 3. The van der Waals surface area contributed by atoms with Gasteiger partial charge in [0, 0.05) is 18.3 Å². The number of phenolic OH excluding ortho intramolecular Hbond substituents is 1. The van der Waals surface area contributed by atoms with Gasteiger partial charge in [-0.25, -0.2) is 0 Å². The molecule has 0 aliphatic rings. The molecule has 4 N–H and O–H groups in total. The molecule has 0 saturated carbocycles. The number of guanidine groups is 1. The first-order chi connectivity index (χ1) is 13.6. The lowest BCUT2D eigenvalue weighted by Crippen LogP contribution is -2.23. The Morgan fingerprint density at radius 3 is 2.57 bits per heavy atom. The lowest BCUT2D eigenvalue weighted by atomic mass is 10.1. The van der Waals surface area contributed by atoms with E-state index >= 15 is 0 Å². The summed E-state index contributed by atoms with van der Waals surface area (Å²) >= 11 is 0. The minimum atomic E-state index is 0.119. The summed E-state index contributed by atoms with van der Waals surface area (Å²) < 4.78 is 10.9. The van der Waals surface area contributed by atoms with Crippen molar-refractivity contribution in [3.63, 3.8) is 0 Å². The summed E-state index contributed by atoms with van der Waals surface area (Å²) in [6, 6.07) is 22.3. The van der Waals surface area contributed by atoms with Crippen LogP contribution in [0.3, 0.4) is 0 Å². The quantitative estimate of drug-likeness (QED) is 0.425. The molecule has 0 fully saturated rings. The fraction of sp³-hybridized carbons (Fsp3) is 0.136. The van der Waals surface area contributed by atoms with Crippen molar-refractivity contribution in [2.24, 2.45) is 10.7 Å². The maximum absolute atomic E-state index is 9.64. The molecule has 144 valence electrons. The van der Waals surface area contributed by atoms with Crippen LogP contribution in [0.25, 0.3) is 0 Å². The van der Waals surface area contributed by atoms with E-state index in [4.69, 9.17) is 15.2 Å². The summed E-state index contributed by atoms with van der Waals surface area (Å²) in [4.78, 5) is 4.35. The molecular weight excluding hydrogens is 354 g/mol. The van der Waals surface area contributed by atoms with Crippen LogP contribution in [0.15, 0.2) is 77.8 Å². The maximum atomic E-state index is 9.64. The first kappa shape index (κ1) is 19.1. The highest BCUT2D eigenvalue weighted by Crippen LogP contribution is 2.26. The number of anilines is 1. The van der Waals surface area contributed by atoms with Crippen LogP contribution in [0.2, 0.25) is 0 Å². The molecule has 3 aromatic carbocycles. The Balaban J connectivity index is 1.56. The van der Waals surface area contributed by atoms with Crippen molar-refractivity contribution in [2.75, 3.05) is 19.0 Å². The van der Waals surface area contributed by atoms with E-state index in [-0.39, 0.29) is 5.75 Å². The largest absolute Gasteiger partial charge is 0.504 e. The van der Waals surface area contributed by atoms with E-state index < -0.39 is 0 Å². The molecular formula is C22H23N3O3. The fourth-order valence-electron chi connectivity index (χ4n) is 2.63. The number of ether oxygens (including phenoxy) is 2. The summed E-state index contributed by atoms with van der Waals surface area (Å²) in [5.41, 5.74) is 7.78. The van der Waals surface area contributed by atoms with Gasteiger partial charge in [0.05, 0.1) is 7.11 Å². The molecule has 0 amide bonds. The van der Waals surface area contributed by atoms with Crippen LogP contribution in [0.1, 0.15) is 5.56 Å². The molecule has 6 nitrogen and oxygen atoms in total. The lowest BCUT2D eigenvalue weighted by molar-refractivity contribution is 0.373. The van der Waals surface area contributed by atoms with Gasteiger partial charge in [-0.3, -0.25) is 4.99 Å². The highest BCUT2D eigenvalue weighted by atomic mass is 16.5. The number of nitrogens with one attached hydrogen (secondary N) is 1. The second kappa shape index (κ2) is 9.32. The van der Waals surface area contributed by atoms with Crippen molar-refractivity contribution >= 4 is 11.6 Å². The molecule has 6 heteroatoms. The molecule has 0 radical (unpaired) electrons. The molecule has 0 heterocycles. The molecule has 0 aliphatic carbocycles. The van der Waals surface area contributed by atoms with Gasteiger partial charge in [0.25, 0.3) is 0 Å². The number of methoxy groups -OCH3 is 1. The lowest BCUT2D eigenvalue weighted by Gasteiger charge is -2.09. The van der Waals surface area contributed by atoms with Crippen LogP contribution in [-0.4, -0.2) is 24.7 Å². The summed E-state index contributed by atoms with van der Waals surface area (Å²) in [6.07, 6.45) is 0.677. The molecule has 0 atom stereocenters. The Morgan fingerprint density at radius 1 is 1.00 bits per heavy atom. The number of hydrogen-bond acceptors (Lipinski definition) is 4. The number of benzene rings is 3. The molecule has 0 aromatic heterocycles. The van der Waals surface area contributed by atoms with E-state index in [1.54, 1.807) is 12.1 Å². The standard InChI is InChI=1S/C22H23N3O3/c1-27-21-14-16(10-11-20(21)26)12-13-24-22(23)25-17-6-5-9-19(15-17)28-18-7-3-2-4-8-18/h2-11,14-15,26H,12-13H2,1H3,(H3,23,24,25). The third-order valence-corrected chi connectivity index (χ3v) is 4.01. The molecule has 3 rings (SSSR count). The fourth-order valence-corrected chi connectivity index (χ4v) is 2.63. The normalized spacial score (nSPS) is 11.1. The van der Waals surface area contributed by atoms with E-state index in [1.165, 1.54) is 7.11 Å². The number of nitrogens with two attached hydrogens (primary N) is 1. The van der Waals surface area contributed by atoms with Gasteiger partial charge in [-0.1, -0.05) is 30.3 Å². The van der Waals surface area contributed by atoms with Gasteiger partial charge in [-0.05, 0) is 48.4 Å². The summed E-state index contributed by atoms with van der Waals surface area (Å²) in [7, 11) is 1.52. The first-order valence-electron chi connectivity index (χ1n) is 8.90. The molecule has 0 unspecified atom stereocenters. The summed E-state index contributed by atoms with van der Waals surface area (Å²) in [5, 5.41) is 12.7. The Hall–Kier alpha value is -3.67. The highest BCUT2D eigenvalue weighted by molar-refractivity contribution is 5.92. The number of aliphatic imine (C=N–C) groups is 1. The third-order valence-electron chi connectivity index (χ3n) is 4.01. The predicted octanol–water partition coefficient (Wildman–Crippen LogP) is 4.16. The Bertz CT molecular complexity index is 943. The SMILES string of the molecule is COc1cc(CCN=C(N)Nc2cccc(Oc3ccccc3)c2)ccc1O. The van der Waals surface area contributed by atoms with Crippen molar-refractivity contribution in [3.8, 4) is 23.0 Å². The van der Waals surface area contributed by atoms with Gasteiger partial charge in [-0.15, -0.1) is 0 Å². The van der Waals surface area contributed by atoms with Crippen LogP contribution >= 0.6 is 0 Å². The molecule has 28 heavy (non-hydrogen) atoms. The van der Waals surface area contributed by atoms with Crippen LogP contribution in [0.4, 0.5) is 5.69 Å². The van der Waals surface area contributed by atoms with Crippen molar-refractivity contribution < 1.29 is 14.6 Å². The van der Waals surface area contributed by atoms with E-state index in [0.29, 0.717) is 30.4 Å².